The van der Waals surface area contributed by atoms with Gasteiger partial charge in [0.25, 0.3) is 0 Å². The quantitative estimate of drug-likeness (QED) is 0.396. The predicted molar refractivity (Wildman–Crippen MR) is 109 cm³/mol. The molecule has 3 aliphatic rings. The van der Waals surface area contributed by atoms with Crippen LogP contribution in [0.5, 0.6) is 0 Å². The van der Waals surface area contributed by atoms with Crippen LogP contribution in [-0.4, -0.2) is 57.3 Å². The van der Waals surface area contributed by atoms with Crippen molar-refractivity contribution in [2.24, 2.45) is 10.9 Å². The lowest BCUT2D eigenvalue weighted by molar-refractivity contribution is 0.315. The molecule has 2 aliphatic heterocycles. The molecule has 0 bridgehead atoms. The van der Waals surface area contributed by atoms with E-state index in [9.17, 15) is 0 Å². The number of hydrogen-bond donors (Lipinski definition) is 2. The molecular formula is C17H30IN7. The summed E-state index contributed by atoms with van der Waals surface area (Å²) in [5.74, 6) is 3.66. The number of aliphatic imine (C=N–C) groups is 1. The zero-order valence-electron chi connectivity index (χ0n) is 15.2. The number of likely N-dealkylation sites (tertiary alicyclic amines) is 1. The molecule has 7 nitrogen and oxygen atoms in total. The number of hydrogen-bond acceptors (Lipinski definition) is 4. The first-order valence-electron chi connectivity index (χ1n) is 9.44. The summed E-state index contributed by atoms with van der Waals surface area (Å²) in [6, 6.07) is 1.32. The molecule has 1 aromatic rings. The maximum atomic E-state index is 4.77. The van der Waals surface area contributed by atoms with E-state index in [1.165, 1.54) is 25.8 Å². The lowest BCUT2D eigenvalue weighted by Gasteiger charge is -2.20. The van der Waals surface area contributed by atoms with Gasteiger partial charge in [0.15, 0.2) is 11.8 Å². The zero-order valence-corrected chi connectivity index (χ0v) is 17.6. The first-order chi connectivity index (χ1) is 11.7. The lowest BCUT2D eigenvalue weighted by Crippen LogP contribution is -2.46. The molecular weight excluding hydrogens is 429 g/mol. The fourth-order valence-electron chi connectivity index (χ4n) is 3.90. The Bertz CT molecular complexity index is 610. The van der Waals surface area contributed by atoms with Crippen molar-refractivity contribution in [1.29, 1.82) is 0 Å². The highest BCUT2D eigenvalue weighted by atomic mass is 127. The lowest BCUT2D eigenvalue weighted by atomic mass is 10.1. The predicted octanol–water partition coefficient (Wildman–Crippen LogP) is 1.38. The second kappa shape index (κ2) is 8.20. The van der Waals surface area contributed by atoms with Crippen LogP contribution in [0.1, 0.15) is 44.8 Å². The van der Waals surface area contributed by atoms with Crippen molar-refractivity contribution in [3.05, 3.63) is 11.6 Å². The number of aromatic nitrogens is 3. The van der Waals surface area contributed by atoms with Crippen molar-refractivity contribution >= 4 is 29.9 Å². The molecule has 0 amide bonds. The molecule has 140 valence electrons. The first kappa shape index (κ1) is 18.9. The maximum absolute atomic E-state index is 4.77. The molecule has 0 radical (unpaired) electrons. The Kier molecular flexibility index (Phi) is 6.19. The minimum absolute atomic E-state index is 0. The molecule has 25 heavy (non-hydrogen) atoms. The van der Waals surface area contributed by atoms with Crippen molar-refractivity contribution in [2.75, 3.05) is 19.6 Å². The van der Waals surface area contributed by atoms with Crippen LogP contribution in [0.2, 0.25) is 0 Å². The molecule has 1 aromatic heterocycles. The summed E-state index contributed by atoms with van der Waals surface area (Å²) in [5.41, 5.74) is 0. The van der Waals surface area contributed by atoms with Gasteiger partial charge in [0.2, 0.25) is 0 Å². The molecule has 8 heteroatoms. The zero-order chi connectivity index (χ0) is 16.5. The first-order valence-corrected chi connectivity index (χ1v) is 9.44. The topological polar surface area (TPSA) is 70.4 Å². The molecule has 4 rings (SSSR count). The van der Waals surface area contributed by atoms with Gasteiger partial charge in [-0.25, -0.2) is 4.99 Å². The minimum atomic E-state index is 0. The Balaban J connectivity index is 0.00000182. The highest BCUT2D eigenvalue weighted by molar-refractivity contribution is 14.0. The summed E-state index contributed by atoms with van der Waals surface area (Å²) in [5, 5.41) is 15.6. The van der Waals surface area contributed by atoms with E-state index in [4.69, 9.17) is 4.99 Å². The molecule has 2 fully saturated rings. The average molecular weight is 459 g/mol. The molecule has 2 N–H and O–H groups in total. The van der Waals surface area contributed by atoms with Crippen LogP contribution < -0.4 is 10.6 Å². The smallest absolute Gasteiger partial charge is 0.191 e. The van der Waals surface area contributed by atoms with Crippen LogP contribution in [0.3, 0.4) is 0 Å². The van der Waals surface area contributed by atoms with Gasteiger partial charge in [0.05, 0.1) is 0 Å². The van der Waals surface area contributed by atoms with Gasteiger partial charge < -0.3 is 15.2 Å². The fraction of sp³-hybridized carbons (Fsp3) is 0.824. The minimum Gasteiger partial charge on any atom is -0.357 e. The van der Waals surface area contributed by atoms with Gasteiger partial charge >= 0.3 is 0 Å². The molecule has 3 heterocycles. The third-order valence-corrected chi connectivity index (χ3v) is 5.43. The van der Waals surface area contributed by atoms with Crippen molar-refractivity contribution in [3.8, 4) is 0 Å². The Morgan fingerprint density at radius 1 is 1.28 bits per heavy atom. The number of halogens is 1. The Morgan fingerprint density at radius 3 is 2.88 bits per heavy atom. The van der Waals surface area contributed by atoms with Crippen molar-refractivity contribution in [1.82, 2.24) is 30.3 Å². The maximum Gasteiger partial charge on any atom is 0.191 e. The summed E-state index contributed by atoms with van der Waals surface area (Å²) >= 11 is 0. The van der Waals surface area contributed by atoms with Gasteiger partial charge in [0.1, 0.15) is 12.4 Å². The van der Waals surface area contributed by atoms with Gasteiger partial charge in [-0.2, -0.15) is 0 Å². The van der Waals surface area contributed by atoms with E-state index in [2.05, 4.69) is 44.1 Å². The number of fused-ring (bicyclic) bond motifs is 1. The second-order valence-electron chi connectivity index (χ2n) is 7.40. The molecule has 1 saturated carbocycles. The van der Waals surface area contributed by atoms with Gasteiger partial charge in [-0.15, -0.1) is 34.2 Å². The summed E-state index contributed by atoms with van der Waals surface area (Å²) in [7, 11) is 0. The van der Waals surface area contributed by atoms with Gasteiger partial charge in [-0.3, -0.25) is 4.90 Å². The van der Waals surface area contributed by atoms with Crippen molar-refractivity contribution < 1.29 is 0 Å². The van der Waals surface area contributed by atoms with Gasteiger partial charge in [0, 0.05) is 44.7 Å². The van der Waals surface area contributed by atoms with Crippen LogP contribution in [0, 0.1) is 5.92 Å². The van der Waals surface area contributed by atoms with E-state index >= 15 is 0 Å². The Labute approximate surface area is 167 Å². The molecule has 1 aliphatic carbocycles. The third-order valence-electron chi connectivity index (χ3n) is 5.43. The average Bonchev–Trinajstić information content (AvgIpc) is 3.02. The Hall–Kier alpha value is -0.900. The van der Waals surface area contributed by atoms with E-state index in [0.717, 1.165) is 49.7 Å². The van der Waals surface area contributed by atoms with Gasteiger partial charge in [-0.05, 0) is 32.1 Å². The monoisotopic (exact) mass is 459 g/mol. The summed E-state index contributed by atoms with van der Waals surface area (Å²) < 4.78 is 2.22. The molecule has 0 aromatic carbocycles. The number of rotatable bonds is 5. The summed E-state index contributed by atoms with van der Waals surface area (Å²) in [6.45, 7) is 9.30. The van der Waals surface area contributed by atoms with Crippen molar-refractivity contribution in [3.63, 3.8) is 0 Å². The standard InChI is InChI=1S/C17H29N7.HI/c1-3-18-17(19-9-16-22-21-15-5-4-8-24(15)16)20-14-11-23(10-12(14)2)13-6-7-13;/h12-14H,3-11H2,1-2H3,(H2,18,19,20);1H. The largest absolute Gasteiger partial charge is 0.357 e. The molecule has 0 spiro atoms. The van der Waals surface area contributed by atoms with Gasteiger partial charge in [-0.1, -0.05) is 6.92 Å². The number of guanidine groups is 1. The third kappa shape index (κ3) is 4.27. The van der Waals surface area contributed by atoms with Crippen LogP contribution in [0.25, 0.3) is 0 Å². The van der Waals surface area contributed by atoms with Crippen LogP contribution in [-0.2, 0) is 19.5 Å². The SMILES string of the molecule is CCNC(=NCc1nnc2n1CCC2)NC1CN(C2CC2)CC1C.I. The highest BCUT2D eigenvalue weighted by Crippen LogP contribution is 2.31. The number of nitrogens with one attached hydrogen (secondary N) is 2. The number of aryl methyl sites for hydroxylation is 1. The Morgan fingerprint density at radius 2 is 2.12 bits per heavy atom. The van der Waals surface area contributed by atoms with Crippen LogP contribution in [0.15, 0.2) is 4.99 Å². The van der Waals surface area contributed by atoms with E-state index in [1.54, 1.807) is 0 Å². The fourth-order valence-corrected chi connectivity index (χ4v) is 3.90. The molecule has 2 atom stereocenters. The second-order valence-corrected chi connectivity index (χ2v) is 7.40. The summed E-state index contributed by atoms with van der Waals surface area (Å²) in [4.78, 5) is 7.41. The van der Waals surface area contributed by atoms with E-state index in [-0.39, 0.29) is 24.0 Å². The van der Waals surface area contributed by atoms with E-state index in [0.29, 0.717) is 18.5 Å². The summed E-state index contributed by atoms with van der Waals surface area (Å²) in [6.07, 6.45) is 4.99. The van der Waals surface area contributed by atoms with Crippen LogP contribution >= 0.6 is 24.0 Å². The molecule has 2 unspecified atom stereocenters. The normalized spacial score (nSPS) is 26.4. The van der Waals surface area contributed by atoms with Crippen molar-refractivity contribution in [2.45, 2.75) is 64.7 Å². The highest BCUT2D eigenvalue weighted by Gasteiger charge is 2.38. The van der Waals surface area contributed by atoms with E-state index < -0.39 is 0 Å². The van der Waals surface area contributed by atoms with E-state index in [1.807, 2.05) is 0 Å². The number of nitrogens with zero attached hydrogens (tertiary/aromatic N) is 5. The molecule has 1 saturated heterocycles. The van der Waals surface area contributed by atoms with Crippen LogP contribution in [0.4, 0.5) is 0 Å².